The molecule has 0 saturated carbocycles. The van der Waals surface area contributed by atoms with Gasteiger partial charge in [-0.2, -0.15) is 0 Å². The fourth-order valence-electron chi connectivity index (χ4n) is 1.97. The summed E-state index contributed by atoms with van der Waals surface area (Å²) in [6.07, 6.45) is 3.21. The lowest BCUT2D eigenvalue weighted by Crippen LogP contribution is -2.42. The fourth-order valence-corrected chi connectivity index (χ4v) is 2.22. The molecule has 1 rings (SSSR count). The van der Waals surface area contributed by atoms with Gasteiger partial charge >= 0.3 is 0 Å². The number of hydrogen-bond donors (Lipinski definition) is 1. The molecule has 0 spiro atoms. The van der Waals surface area contributed by atoms with E-state index in [1.165, 1.54) is 0 Å². The van der Waals surface area contributed by atoms with Crippen molar-refractivity contribution in [2.75, 3.05) is 19.8 Å². The molecule has 92 valence electrons. The first-order valence-electron chi connectivity index (χ1n) is 5.83. The SMILES string of the molecule is CCOCCCC(=O)N1CCCC1C(N)=S. The molecular formula is C11H20N2O2S. The highest BCUT2D eigenvalue weighted by atomic mass is 32.1. The molecule has 0 radical (unpaired) electrons. The molecule has 1 fully saturated rings. The molecule has 16 heavy (non-hydrogen) atoms. The van der Waals surface area contributed by atoms with Crippen molar-refractivity contribution >= 4 is 23.1 Å². The van der Waals surface area contributed by atoms with Gasteiger partial charge < -0.3 is 15.4 Å². The van der Waals surface area contributed by atoms with Crippen LogP contribution in [0.2, 0.25) is 0 Å². The Morgan fingerprint density at radius 3 is 3.00 bits per heavy atom. The molecule has 2 N–H and O–H groups in total. The number of hydrogen-bond acceptors (Lipinski definition) is 3. The number of nitrogens with zero attached hydrogens (tertiary/aromatic N) is 1. The van der Waals surface area contributed by atoms with Crippen LogP contribution in [-0.2, 0) is 9.53 Å². The fraction of sp³-hybridized carbons (Fsp3) is 0.818. The molecule has 0 aromatic heterocycles. The monoisotopic (exact) mass is 244 g/mol. The number of carbonyl (C=O) groups is 1. The summed E-state index contributed by atoms with van der Waals surface area (Å²) < 4.78 is 5.20. The van der Waals surface area contributed by atoms with Crippen LogP contribution in [0, 0.1) is 0 Å². The Labute approximate surface area is 102 Å². The molecule has 1 heterocycles. The van der Waals surface area contributed by atoms with Gasteiger partial charge in [0.15, 0.2) is 0 Å². The normalized spacial score (nSPS) is 20.1. The summed E-state index contributed by atoms with van der Waals surface area (Å²) in [5, 5.41) is 0. The molecule has 1 unspecified atom stereocenters. The Morgan fingerprint density at radius 2 is 2.38 bits per heavy atom. The van der Waals surface area contributed by atoms with Crippen LogP contribution in [0.3, 0.4) is 0 Å². The second kappa shape index (κ2) is 6.81. The molecule has 0 aromatic rings. The predicted octanol–water partition coefficient (Wildman–Crippen LogP) is 1.08. The van der Waals surface area contributed by atoms with Crippen LogP contribution in [0.5, 0.6) is 0 Å². The van der Waals surface area contributed by atoms with Gasteiger partial charge in [0.2, 0.25) is 5.91 Å². The predicted molar refractivity (Wildman–Crippen MR) is 67.2 cm³/mol. The summed E-state index contributed by atoms with van der Waals surface area (Å²) in [5.74, 6) is 0.148. The van der Waals surface area contributed by atoms with Gasteiger partial charge in [-0.15, -0.1) is 0 Å². The van der Waals surface area contributed by atoms with Gasteiger partial charge in [0, 0.05) is 26.2 Å². The van der Waals surface area contributed by atoms with Crippen molar-refractivity contribution in [3.63, 3.8) is 0 Å². The smallest absolute Gasteiger partial charge is 0.223 e. The van der Waals surface area contributed by atoms with Crippen molar-refractivity contribution in [3.8, 4) is 0 Å². The van der Waals surface area contributed by atoms with Crippen molar-refractivity contribution in [1.29, 1.82) is 0 Å². The lowest BCUT2D eigenvalue weighted by molar-refractivity contribution is -0.131. The molecule has 0 bridgehead atoms. The van der Waals surface area contributed by atoms with Gasteiger partial charge in [-0.1, -0.05) is 12.2 Å². The van der Waals surface area contributed by atoms with Crippen LogP contribution >= 0.6 is 12.2 Å². The van der Waals surface area contributed by atoms with Gasteiger partial charge in [0.25, 0.3) is 0 Å². The summed E-state index contributed by atoms with van der Waals surface area (Å²) >= 11 is 4.96. The van der Waals surface area contributed by atoms with Crippen molar-refractivity contribution in [3.05, 3.63) is 0 Å². The third-order valence-electron chi connectivity index (χ3n) is 2.79. The number of likely N-dealkylation sites (tertiary alicyclic amines) is 1. The van der Waals surface area contributed by atoms with Gasteiger partial charge in [0.05, 0.1) is 11.0 Å². The summed E-state index contributed by atoms with van der Waals surface area (Å²) in [4.78, 5) is 14.1. The van der Waals surface area contributed by atoms with Crippen molar-refractivity contribution in [1.82, 2.24) is 4.90 Å². The van der Waals surface area contributed by atoms with E-state index in [1.54, 1.807) is 0 Å². The minimum Gasteiger partial charge on any atom is -0.392 e. The third kappa shape index (κ3) is 3.72. The van der Waals surface area contributed by atoms with E-state index in [0.717, 1.165) is 25.8 Å². The maximum absolute atomic E-state index is 11.9. The first-order valence-corrected chi connectivity index (χ1v) is 6.24. The van der Waals surface area contributed by atoms with Crippen molar-refractivity contribution < 1.29 is 9.53 Å². The molecule has 1 saturated heterocycles. The zero-order valence-corrected chi connectivity index (χ0v) is 10.6. The highest BCUT2D eigenvalue weighted by Crippen LogP contribution is 2.18. The van der Waals surface area contributed by atoms with E-state index in [0.29, 0.717) is 24.6 Å². The summed E-state index contributed by atoms with van der Waals surface area (Å²) in [7, 11) is 0. The maximum atomic E-state index is 11.9. The van der Waals surface area contributed by atoms with E-state index in [-0.39, 0.29) is 11.9 Å². The van der Waals surface area contributed by atoms with Gasteiger partial charge in [-0.05, 0) is 26.2 Å². The van der Waals surface area contributed by atoms with Crippen LogP contribution in [0.25, 0.3) is 0 Å². The minimum absolute atomic E-state index is 0.0189. The number of thiocarbonyl (C=S) groups is 1. The minimum atomic E-state index is -0.0189. The van der Waals surface area contributed by atoms with Crippen molar-refractivity contribution in [2.24, 2.45) is 5.73 Å². The Hall–Kier alpha value is -0.680. The maximum Gasteiger partial charge on any atom is 0.223 e. The lowest BCUT2D eigenvalue weighted by Gasteiger charge is -2.23. The molecule has 1 aliphatic rings. The average molecular weight is 244 g/mol. The standard InChI is InChI=1S/C11H20N2O2S/c1-2-15-8-4-6-10(14)13-7-3-5-9(13)11(12)16/h9H,2-8H2,1H3,(H2,12,16). The molecule has 0 aromatic carbocycles. The van der Waals surface area contributed by atoms with E-state index in [9.17, 15) is 4.79 Å². The van der Waals surface area contributed by atoms with Gasteiger partial charge in [0.1, 0.15) is 0 Å². The quantitative estimate of drug-likeness (QED) is 0.561. The van der Waals surface area contributed by atoms with E-state index in [1.807, 2.05) is 11.8 Å². The van der Waals surface area contributed by atoms with E-state index >= 15 is 0 Å². The highest BCUT2D eigenvalue weighted by molar-refractivity contribution is 7.80. The molecule has 4 nitrogen and oxygen atoms in total. The van der Waals surface area contributed by atoms with Crippen molar-refractivity contribution in [2.45, 2.75) is 38.6 Å². The molecule has 1 amide bonds. The largest absolute Gasteiger partial charge is 0.392 e. The Balaban J connectivity index is 2.32. The Kier molecular flexibility index (Phi) is 5.69. The van der Waals surface area contributed by atoms with E-state index in [4.69, 9.17) is 22.7 Å². The first kappa shape index (κ1) is 13.4. The summed E-state index contributed by atoms with van der Waals surface area (Å²) in [5.41, 5.74) is 5.62. The van der Waals surface area contributed by atoms with Crippen LogP contribution in [0.15, 0.2) is 0 Å². The Morgan fingerprint density at radius 1 is 1.62 bits per heavy atom. The number of ether oxygens (including phenoxy) is 1. The van der Waals surface area contributed by atoms with E-state index in [2.05, 4.69) is 0 Å². The summed E-state index contributed by atoms with van der Waals surface area (Å²) in [6, 6.07) is -0.0189. The number of amides is 1. The average Bonchev–Trinajstić information content (AvgIpc) is 2.73. The third-order valence-corrected chi connectivity index (χ3v) is 3.06. The van der Waals surface area contributed by atoms with Gasteiger partial charge in [-0.3, -0.25) is 4.79 Å². The molecular weight excluding hydrogens is 224 g/mol. The first-order chi connectivity index (χ1) is 7.66. The van der Waals surface area contributed by atoms with Gasteiger partial charge in [-0.25, -0.2) is 0 Å². The molecule has 5 heteroatoms. The van der Waals surface area contributed by atoms with Crippen LogP contribution in [-0.4, -0.2) is 41.6 Å². The highest BCUT2D eigenvalue weighted by Gasteiger charge is 2.29. The number of carbonyl (C=O) groups excluding carboxylic acids is 1. The number of rotatable bonds is 6. The topological polar surface area (TPSA) is 55.6 Å². The Bertz CT molecular complexity index is 258. The molecule has 1 aliphatic heterocycles. The molecule has 1 atom stereocenters. The zero-order chi connectivity index (χ0) is 12.0. The molecule has 0 aliphatic carbocycles. The van der Waals surface area contributed by atoms with Crippen LogP contribution in [0.4, 0.5) is 0 Å². The summed E-state index contributed by atoms with van der Waals surface area (Å²) in [6.45, 7) is 4.09. The lowest BCUT2D eigenvalue weighted by atomic mass is 10.2. The van der Waals surface area contributed by atoms with E-state index < -0.39 is 0 Å². The second-order valence-electron chi connectivity index (χ2n) is 3.95. The van der Waals surface area contributed by atoms with Crippen LogP contribution in [0.1, 0.15) is 32.6 Å². The number of nitrogens with two attached hydrogens (primary N) is 1. The second-order valence-corrected chi connectivity index (χ2v) is 4.42. The zero-order valence-electron chi connectivity index (χ0n) is 9.78. The van der Waals surface area contributed by atoms with Crippen LogP contribution < -0.4 is 5.73 Å².